The smallest absolute Gasteiger partial charge is 0.269 e. The van der Waals surface area contributed by atoms with Crippen LogP contribution in [0.4, 0.5) is 15.9 Å². The predicted octanol–water partition coefficient (Wildman–Crippen LogP) is 6.94. The molecule has 0 aliphatic heterocycles. The Labute approximate surface area is 227 Å². The highest BCUT2D eigenvalue weighted by molar-refractivity contribution is 7.93. The van der Waals surface area contributed by atoms with Crippen molar-refractivity contribution in [3.05, 3.63) is 149 Å². The number of fused-ring (bicyclic) bond motifs is 1. The molecule has 0 saturated heterocycles. The molecule has 1 atom stereocenters. The van der Waals surface area contributed by atoms with E-state index < -0.39 is 15.4 Å². The molecule has 7 heteroatoms. The van der Waals surface area contributed by atoms with Gasteiger partial charge in [-0.15, -0.1) is 0 Å². The minimum absolute atomic E-state index is 0.179. The molecule has 0 saturated carbocycles. The highest BCUT2D eigenvalue weighted by Crippen LogP contribution is 2.44. The Morgan fingerprint density at radius 3 is 2.10 bits per heavy atom. The summed E-state index contributed by atoms with van der Waals surface area (Å²) in [5.74, 6) is -0.000116. The molecule has 0 fully saturated rings. The van der Waals surface area contributed by atoms with Crippen LogP contribution in [-0.4, -0.2) is 18.6 Å². The Bertz CT molecular complexity index is 1750. The van der Waals surface area contributed by atoms with Crippen molar-refractivity contribution >= 4 is 27.6 Å². The lowest BCUT2D eigenvalue weighted by atomic mass is 9.68. The molecule has 1 aromatic heterocycles. The largest absolute Gasteiger partial charge is 0.280 e. The number of aryl methyl sites for hydroxylation is 1. The summed E-state index contributed by atoms with van der Waals surface area (Å²) in [7, 11) is -3.99. The standard InChI is InChI=1S/C32H26FN3O2S/c1-23-12-18-28(19-13-23)39(37,38)36(27-10-6-3-7-11-27)31-29-20-21-32(22-30(29)34-35-31,24-8-4-2-5-9-24)25-14-16-26(33)17-15-25/h2-21H,22H2,1H3,(H,34,35). The Morgan fingerprint density at radius 1 is 0.821 bits per heavy atom. The lowest BCUT2D eigenvalue weighted by molar-refractivity contribution is 0.595. The van der Waals surface area contributed by atoms with Gasteiger partial charge in [0.15, 0.2) is 5.82 Å². The maximum absolute atomic E-state index is 14.0. The maximum atomic E-state index is 14.0. The molecule has 0 spiro atoms. The third-order valence-electron chi connectivity index (χ3n) is 7.24. The van der Waals surface area contributed by atoms with Crippen molar-refractivity contribution in [2.75, 3.05) is 4.31 Å². The molecule has 6 rings (SSSR count). The van der Waals surface area contributed by atoms with Gasteiger partial charge in [0.1, 0.15) is 5.82 Å². The van der Waals surface area contributed by atoms with E-state index in [4.69, 9.17) is 0 Å². The number of allylic oxidation sites excluding steroid dienone is 1. The number of hydrogen-bond donors (Lipinski definition) is 1. The van der Waals surface area contributed by atoms with Gasteiger partial charge in [0, 0.05) is 23.1 Å². The summed E-state index contributed by atoms with van der Waals surface area (Å²) < 4.78 is 43.2. The topological polar surface area (TPSA) is 66.1 Å². The Balaban J connectivity index is 1.50. The highest BCUT2D eigenvalue weighted by atomic mass is 32.2. The van der Waals surface area contributed by atoms with Gasteiger partial charge in [0.05, 0.1) is 10.6 Å². The first-order chi connectivity index (χ1) is 18.9. The number of aromatic amines is 1. The fourth-order valence-corrected chi connectivity index (χ4v) is 6.66. The second-order valence-electron chi connectivity index (χ2n) is 9.71. The summed E-state index contributed by atoms with van der Waals surface area (Å²) in [6.45, 7) is 1.92. The number of nitrogens with zero attached hydrogens (tertiary/aromatic N) is 2. The molecule has 1 aliphatic carbocycles. The minimum Gasteiger partial charge on any atom is -0.280 e. The molecule has 0 radical (unpaired) electrons. The molecule has 39 heavy (non-hydrogen) atoms. The van der Waals surface area contributed by atoms with E-state index >= 15 is 0 Å². The quantitative estimate of drug-likeness (QED) is 0.256. The Morgan fingerprint density at radius 2 is 1.44 bits per heavy atom. The van der Waals surface area contributed by atoms with Crippen molar-refractivity contribution in [1.29, 1.82) is 0 Å². The van der Waals surface area contributed by atoms with E-state index in [0.29, 0.717) is 23.5 Å². The van der Waals surface area contributed by atoms with Crippen molar-refractivity contribution in [2.45, 2.75) is 23.7 Å². The van der Waals surface area contributed by atoms with E-state index in [-0.39, 0.29) is 10.7 Å². The van der Waals surface area contributed by atoms with E-state index in [1.165, 1.54) is 16.4 Å². The minimum atomic E-state index is -3.99. The highest BCUT2D eigenvalue weighted by Gasteiger charge is 2.39. The fraction of sp³-hybridized carbons (Fsp3) is 0.0938. The van der Waals surface area contributed by atoms with Crippen LogP contribution in [-0.2, 0) is 21.9 Å². The van der Waals surface area contributed by atoms with E-state index in [1.807, 2.05) is 49.4 Å². The Hall–Kier alpha value is -4.49. The maximum Gasteiger partial charge on any atom is 0.269 e. The number of nitrogens with one attached hydrogen (secondary N) is 1. The van der Waals surface area contributed by atoms with Crippen LogP contribution in [0.15, 0.2) is 120 Å². The van der Waals surface area contributed by atoms with E-state index in [9.17, 15) is 12.8 Å². The molecule has 1 unspecified atom stereocenters. The predicted molar refractivity (Wildman–Crippen MR) is 152 cm³/mol. The van der Waals surface area contributed by atoms with Crippen LogP contribution in [0.5, 0.6) is 0 Å². The number of H-pyrrole nitrogens is 1. The van der Waals surface area contributed by atoms with Gasteiger partial charge in [-0.3, -0.25) is 5.10 Å². The van der Waals surface area contributed by atoms with Gasteiger partial charge in [-0.05, 0) is 54.4 Å². The lowest BCUT2D eigenvalue weighted by Gasteiger charge is -2.34. The first kappa shape index (κ1) is 24.8. The molecule has 5 aromatic rings. The van der Waals surface area contributed by atoms with E-state index in [1.54, 1.807) is 60.7 Å². The van der Waals surface area contributed by atoms with Gasteiger partial charge < -0.3 is 0 Å². The molecule has 5 nitrogen and oxygen atoms in total. The zero-order valence-corrected chi connectivity index (χ0v) is 22.1. The normalized spacial score (nSPS) is 16.6. The average molecular weight is 536 g/mol. The van der Waals surface area contributed by atoms with Gasteiger partial charge in [0.2, 0.25) is 0 Å². The number of anilines is 2. The van der Waals surface area contributed by atoms with Crippen LogP contribution in [0.25, 0.3) is 6.08 Å². The molecular formula is C32H26FN3O2S. The third-order valence-corrected chi connectivity index (χ3v) is 8.98. The van der Waals surface area contributed by atoms with Crippen LogP contribution in [0, 0.1) is 12.7 Å². The number of benzene rings is 4. The van der Waals surface area contributed by atoms with Gasteiger partial charge in [0.25, 0.3) is 10.0 Å². The third kappa shape index (κ3) is 4.34. The fourth-order valence-electron chi connectivity index (χ4n) is 5.20. The molecule has 1 N–H and O–H groups in total. The summed E-state index contributed by atoms with van der Waals surface area (Å²) in [5, 5.41) is 7.69. The van der Waals surface area contributed by atoms with Crippen LogP contribution in [0.2, 0.25) is 0 Å². The second kappa shape index (κ2) is 9.67. The monoisotopic (exact) mass is 535 g/mol. The Kier molecular flexibility index (Phi) is 6.16. The number of rotatable bonds is 6. The summed E-state index contributed by atoms with van der Waals surface area (Å²) in [5.41, 5.74) is 4.34. The summed E-state index contributed by atoms with van der Waals surface area (Å²) in [6, 6.07) is 32.3. The van der Waals surface area contributed by atoms with Crippen LogP contribution < -0.4 is 4.31 Å². The summed E-state index contributed by atoms with van der Waals surface area (Å²) >= 11 is 0. The van der Waals surface area contributed by atoms with E-state index in [2.05, 4.69) is 16.3 Å². The second-order valence-corrected chi connectivity index (χ2v) is 11.5. The lowest BCUT2D eigenvalue weighted by Crippen LogP contribution is -2.31. The molecular weight excluding hydrogens is 509 g/mol. The molecule has 1 heterocycles. The first-order valence-electron chi connectivity index (χ1n) is 12.6. The SMILES string of the molecule is Cc1ccc(S(=O)(=O)N(c2ccccc2)c2n[nH]c3c2C=CC(c2ccccc2)(c2ccc(F)cc2)C3)cc1. The van der Waals surface area contributed by atoms with Gasteiger partial charge in [-0.1, -0.05) is 90.5 Å². The number of para-hydroxylation sites is 1. The van der Waals surface area contributed by atoms with Gasteiger partial charge in [-0.25, -0.2) is 17.1 Å². The molecule has 4 aromatic carbocycles. The number of sulfonamides is 1. The summed E-state index contributed by atoms with van der Waals surface area (Å²) in [4.78, 5) is 0.179. The number of halogens is 1. The summed E-state index contributed by atoms with van der Waals surface area (Å²) in [6.07, 6.45) is 4.49. The van der Waals surface area contributed by atoms with Crippen molar-refractivity contribution in [3.8, 4) is 0 Å². The van der Waals surface area contributed by atoms with Gasteiger partial charge >= 0.3 is 0 Å². The van der Waals surface area contributed by atoms with Crippen LogP contribution in [0.3, 0.4) is 0 Å². The van der Waals surface area contributed by atoms with Crippen molar-refractivity contribution < 1.29 is 12.8 Å². The first-order valence-corrected chi connectivity index (χ1v) is 14.1. The van der Waals surface area contributed by atoms with E-state index in [0.717, 1.165) is 22.4 Å². The average Bonchev–Trinajstić information content (AvgIpc) is 3.37. The molecule has 0 amide bonds. The molecule has 194 valence electrons. The van der Waals surface area contributed by atoms with Crippen molar-refractivity contribution in [2.24, 2.45) is 0 Å². The number of hydrogen-bond acceptors (Lipinski definition) is 3. The van der Waals surface area contributed by atoms with Crippen LogP contribution >= 0.6 is 0 Å². The van der Waals surface area contributed by atoms with Gasteiger partial charge in [-0.2, -0.15) is 5.10 Å². The number of aromatic nitrogens is 2. The zero-order chi connectivity index (χ0) is 27.0. The molecule has 1 aliphatic rings. The van der Waals surface area contributed by atoms with Crippen molar-refractivity contribution in [1.82, 2.24) is 10.2 Å². The van der Waals surface area contributed by atoms with Crippen LogP contribution in [0.1, 0.15) is 27.9 Å². The molecule has 0 bridgehead atoms. The zero-order valence-electron chi connectivity index (χ0n) is 21.3. The van der Waals surface area contributed by atoms with Crippen molar-refractivity contribution in [3.63, 3.8) is 0 Å².